The van der Waals surface area contributed by atoms with E-state index >= 15 is 0 Å². The molecule has 112 valence electrons. The van der Waals surface area contributed by atoms with Crippen molar-refractivity contribution in [2.75, 3.05) is 0 Å². The fourth-order valence-electron chi connectivity index (χ4n) is 3.02. The van der Waals surface area contributed by atoms with Gasteiger partial charge < -0.3 is 14.6 Å². The van der Waals surface area contributed by atoms with Crippen molar-refractivity contribution in [3.05, 3.63) is 48.0 Å². The second-order valence-corrected chi connectivity index (χ2v) is 5.77. The molecule has 0 bridgehead atoms. The Hall–Kier alpha value is -2.49. The molecule has 2 aliphatic rings. The summed E-state index contributed by atoms with van der Waals surface area (Å²) in [4.78, 5) is 4.41. The van der Waals surface area contributed by atoms with Gasteiger partial charge in [-0.2, -0.15) is 0 Å². The monoisotopic (exact) mass is 295 g/mol. The number of hydrogen-bond donors (Lipinski definition) is 1. The molecule has 4 nitrogen and oxygen atoms in total. The van der Waals surface area contributed by atoms with Gasteiger partial charge in [-0.25, -0.2) is 0 Å². The second kappa shape index (κ2) is 5.05. The van der Waals surface area contributed by atoms with Gasteiger partial charge >= 0.3 is 0 Å². The smallest absolute Gasteiger partial charge is 0.251 e. The Balaban J connectivity index is 1.57. The Morgan fingerprint density at radius 2 is 1.77 bits per heavy atom. The van der Waals surface area contributed by atoms with Crippen LogP contribution in [-0.2, 0) is 0 Å². The van der Waals surface area contributed by atoms with E-state index in [1.807, 2.05) is 30.3 Å². The van der Waals surface area contributed by atoms with E-state index in [-0.39, 0.29) is 5.75 Å². The van der Waals surface area contributed by atoms with Crippen molar-refractivity contribution in [2.45, 2.75) is 31.5 Å². The average Bonchev–Trinajstić information content (AvgIpc) is 3.12. The first kappa shape index (κ1) is 13.2. The maximum absolute atomic E-state index is 9.75. The van der Waals surface area contributed by atoms with Crippen LogP contribution in [0.4, 0.5) is 5.69 Å². The SMILES string of the molecule is Oc1ccccc1C=Nc1ccc2c(c1)OC1(CCCC1)O2. The van der Waals surface area contributed by atoms with E-state index in [0.29, 0.717) is 5.56 Å². The minimum Gasteiger partial charge on any atom is -0.507 e. The largest absolute Gasteiger partial charge is 0.507 e. The number of hydrogen-bond acceptors (Lipinski definition) is 4. The minimum absolute atomic E-state index is 0.219. The van der Waals surface area contributed by atoms with Crippen molar-refractivity contribution in [1.82, 2.24) is 0 Å². The highest BCUT2D eigenvalue weighted by molar-refractivity contribution is 5.85. The van der Waals surface area contributed by atoms with Crippen molar-refractivity contribution < 1.29 is 14.6 Å². The summed E-state index contributed by atoms with van der Waals surface area (Å²) in [7, 11) is 0. The molecule has 0 atom stereocenters. The first-order chi connectivity index (χ1) is 10.7. The third-order valence-corrected chi connectivity index (χ3v) is 4.17. The fraction of sp³-hybridized carbons (Fsp3) is 0.278. The van der Waals surface area contributed by atoms with E-state index in [9.17, 15) is 5.11 Å². The van der Waals surface area contributed by atoms with E-state index in [1.54, 1.807) is 18.3 Å². The Morgan fingerprint density at radius 1 is 1.00 bits per heavy atom. The number of benzene rings is 2. The van der Waals surface area contributed by atoms with Gasteiger partial charge in [0.2, 0.25) is 0 Å². The van der Waals surface area contributed by atoms with Gasteiger partial charge in [-0.15, -0.1) is 0 Å². The number of rotatable bonds is 2. The van der Waals surface area contributed by atoms with Gasteiger partial charge in [0.15, 0.2) is 11.5 Å². The zero-order chi connectivity index (χ0) is 15.0. The first-order valence-corrected chi connectivity index (χ1v) is 7.58. The maximum atomic E-state index is 9.75. The van der Waals surface area contributed by atoms with Crippen LogP contribution in [0.2, 0.25) is 0 Å². The molecule has 1 fully saturated rings. The Morgan fingerprint density at radius 3 is 2.59 bits per heavy atom. The van der Waals surface area contributed by atoms with Gasteiger partial charge in [-0.05, 0) is 37.1 Å². The van der Waals surface area contributed by atoms with E-state index in [1.165, 1.54) is 0 Å². The highest BCUT2D eigenvalue weighted by atomic mass is 16.7. The van der Waals surface area contributed by atoms with Crippen LogP contribution in [0, 0.1) is 0 Å². The number of aliphatic imine (C=N–C) groups is 1. The first-order valence-electron chi connectivity index (χ1n) is 7.58. The topological polar surface area (TPSA) is 51.1 Å². The molecule has 0 aromatic heterocycles. The normalized spacial score (nSPS) is 18.4. The lowest BCUT2D eigenvalue weighted by atomic mass is 10.2. The lowest BCUT2D eigenvalue weighted by molar-refractivity contribution is -0.0716. The van der Waals surface area contributed by atoms with Gasteiger partial charge in [0, 0.05) is 30.7 Å². The molecule has 1 N–H and O–H groups in total. The van der Waals surface area contributed by atoms with Gasteiger partial charge in [0.05, 0.1) is 5.69 Å². The minimum atomic E-state index is -0.442. The molecule has 0 amide bonds. The summed E-state index contributed by atoms with van der Waals surface area (Å²) in [5.41, 5.74) is 1.47. The molecule has 2 aromatic rings. The van der Waals surface area contributed by atoms with Crippen LogP contribution in [0.15, 0.2) is 47.5 Å². The van der Waals surface area contributed by atoms with E-state index in [4.69, 9.17) is 9.47 Å². The molecule has 2 aromatic carbocycles. The third kappa shape index (κ3) is 2.30. The van der Waals surface area contributed by atoms with Crippen LogP contribution in [-0.4, -0.2) is 17.1 Å². The number of phenols is 1. The molecule has 1 spiro atoms. The molecule has 1 aliphatic heterocycles. The lowest BCUT2D eigenvalue weighted by Gasteiger charge is -2.21. The predicted octanol–water partition coefficient (Wildman–Crippen LogP) is 4.18. The number of nitrogens with zero attached hydrogens (tertiary/aromatic N) is 1. The van der Waals surface area contributed by atoms with Crippen LogP contribution < -0.4 is 9.47 Å². The summed E-state index contributed by atoms with van der Waals surface area (Å²) in [6, 6.07) is 12.8. The zero-order valence-corrected chi connectivity index (χ0v) is 12.2. The van der Waals surface area contributed by atoms with Crippen LogP contribution >= 0.6 is 0 Å². The molecule has 1 saturated carbocycles. The number of para-hydroxylation sites is 1. The quantitative estimate of drug-likeness (QED) is 0.845. The molecular weight excluding hydrogens is 278 g/mol. The van der Waals surface area contributed by atoms with E-state index < -0.39 is 5.79 Å². The van der Waals surface area contributed by atoms with E-state index in [0.717, 1.165) is 42.9 Å². The van der Waals surface area contributed by atoms with Crippen LogP contribution in [0.25, 0.3) is 0 Å². The summed E-state index contributed by atoms with van der Waals surface area (Å²) in [5.74, 6) is 1.33. The summed E-state index contributed by atoms with van der Waals surface area (Å²) in [5, 5.41) is 9.75. The Bertz CT molecular complexity index is 733. The highest BCUT2D eigenvalue weighted by Crippen LogP contribution is 2.47. The average molecular weight is 295 g/mol. The molecule has 1 aliphatic carbocycles. The number of aromatic hydroxyl groups is 1. The molecule has 4 heteroatoms. The zero-order valence-electron chi connectivity index (χ0n) is 12.2. The summed E-state index contributed by atoms with van der Waals surface area (Å²) < 4.78 is 12.0. The van der Waals surface area contributed by atoms with Crippen molar-refractivity contribution in [1.29, 1.82) is 0 Å². The summed E-state index contributed by atoms with van der Waals surface area (Å²) in [6.45, 7) is 0. The van der Waals surface area contributed by atoms with Crippen molar-refractivity contribution in [3.8, 4) is 17.2 Å². The molecular formula is C18H17NO3. The lowest BCUT2D eigenvalue weighted by Crippen LogP contribution is -2.34. The molecule has 0 radical (unpaired) electrons. The van der Waals surface area contributed by atoms with Gasteiger partial charge in [-0.3, -0.25) is 4.99 Å². The van der Waals surface area contributed by atoms with Crippen LogP contribution in [0.3, 0.4) is 0 Å². The molecule has 22 heavy (non-hydrogen) atoms. The van der Waals surface area contributed by atoms with E-state index in [2.05, 4.69) is 4.99 Å². The van der Waals surface area contributed by atoms with Crippen LogP contribution in [0.5, 0.6) is 17.2 Å². The predicted molar refractivity (Wildman–Crippen MR) is 84.3 cm³/mol. The molecule has 0 saturated heterocycles. The van der Waals surface area contributed by atoms with Crippen molar-refractivity contribution in [2.24, 2.45) is 4.99 Å². The molecule has 4 rings (SSSR count). The maximum Gasteiger partial charge on any atom is 0.251 e. The Labute approximate surface area is 129 Å². The number of fused-ring (bicyclic) bond motifs is 1. The van der Waals surface area contributed by atoms with Crippen LogP contribution in [0.1, 0.15) is 31.2 Å². The van der Waals surface area contributed by atoms with Crippen molar-refractivity contribution >= 4 is 11.9 Å². The second-order valence-electron chi connectivity index (χ2n) is 5.77. The van der Waals surface area contributed by atoms with Crippen molar-refractivity contribution in [3.63, 3.8) is 0 Å². The summed E-state index contributed by atoms with van der Waals surface area (Å²) >= 11 is 0. The highest BCUT2D eigenvalue weighted by Gasteiger charge is 2.43. The van der Waals surface area contributed by atoms with Gasteiger partial charge in [0.1, 0.15) is 5.75 Å². The fourth-order valence-corrected chi connectivity index (χ4v) is 3.02. The number of phenolic OH excluding ortho intramolecular Hbond substituents is 1. The molecule has 1 heterocycles. The Kier molecular flexibility index (Phi) is 3.03. The number of ether oxygens (including phenoxy) is 2. The standard InChI is InChI=1S/C18H17NO3/c20-15-6-2-1-5-13(15)12-19-14-7-8-16-17(11-14)22-18(21-16)9-3-4-10-18/h1-2,5-8,11-12,20H,3-4,9-10H2. The molecule has 0 unspecified atom stereocenters. The third-order valence-electron chi connectivity index (χ3n) is 4.17. The van der Waals surface area contributed by atoms with Gasteiger partial charge in [0.25, 0.3) is 5.79 Å². The van der Waals surface area contributed by atoms with Gasteiger partial charge in [-0.1, -0.05) is 12.1 Å². The summed E-state index contributed by atoms with van der Waals surface area (Å²) in [6.07, 6.45) is 5.83.